The number of carbonyl (C=O) groups is 1. The minimum absolute atomic E-state index is 0.162. The highest BCUT2D eigenvalue weighted by Gasteiger charge is 2.27. The van der Waals surface area contributed by atoms with Crippen LogP contribution in [0.25, 0.3) is 0 Å². The van der Waals surface area contributed by atoms with Gasteiger partial charge in [0.05, 0.1) is 19.8 Å². The predicted molar refractivity (Wildman–Crippen MR) is 70.5 cm³/mol. The van der Waals surface area contributed by atoms with Gasteiger partial charge in [-0.1, -0.05) is 13.8 Å². The van der Waals surface area contributed by atoms with Crippen molar-refractivity contribution in [3.63, 3.8) is 0 Å². The van der Waals surface area contributed by atoms with Crippen LogP contribution in [-0.2, 0) is 14.3 Å². The maximum atomic E-state index is 11.9. The molecule has 0 aromatic carbocycles. The maximum absolute atomic E-state index is 11.9. The molecule has 18 heavy (non-hydrogen) atoms. The second-order valence-electron chi connectivity index (χ2n) is 5.04. The number of ether oxygens (including phenoxy) is 2. The average molecular weight is 258 g/mol. The molecule has 1 aliphatic heterocycles. The van der Waals surface area contributed by atoms with Gasteiger partial charge in [0.15, 0.2) is 0 Å². The van der Waals surface area contributed by atoms with E-state index in [0.717, 1.165) is 19.8 Å². The quantitative estimate of drug-likeness (QED) is 0.708. The zero-order valence-corrected chi connectivity index (χ0v) is 11.9. The van der Waals surface area contributed by atoms with Crippen LogP contribution in [0.4, 0.5) is 0 Å². The summed E-state index contributed by atoms with van der Waals surface area (Å²) in [5, 5.41) is 3.28. The molecule has 0 amide bonds. The molecular weight excluding hydrogens is 232 g/mol. The van der Waals surface area contributed by atoms with E-state index in [-0.39, 0.29) is 18.1 Å². The molecule has 0 aromatic heterocycles. The van der Waals surface area contributed by atoms with Crippen LogP contribution in [0.1, 0.15) is 27.7 Å². The monoisotopic (exact) mass is 258 g/mol. The van der Waals surface area contributed by atoms with Gasteiger partial charge in [0.25, 0.3) is 0 Å². The van der Waals surface area contributed by atoms with Gasteiger partial charge >= 0.3 is 5.97 Å². The van der Waals surface area contributed by atoms with Crippen LogP contribution in [0.15, 0.2) is 0 Å². The molecule has 0 aliphatic carbocycles. The van der Waals surface area contributed by atoms with Crippen molar-refractivity contribution >= 4 is 5.97 Å². The standard InChI is InChI=1S/C13H26N2O3/c1-5-18-13(16)12(14-10(2)3)8-15-6-7-17-9-11(15)4/h10-12,14H,5-9H2,1-4H3. The first-order valence-electron chi connectivity index (χ1n) is 6.79. The van der Waals surface area contributed by atoms with E-state index in [9.17, 15) is 4.79 Å². The van der Waals surface area contributed by atoms with Crippen LogP contribution in [0.3, 0.4) is 0 Å². The van der Waals surface area contributed by atoms with Gasteiger partial charge in [0.1, 0.15) is 6.04 Å². The van der Waals surface area contributed by atoms with Crippen LogP contribution in [0.5, 0.6) is 0 Å². The van der Waals surface area contributed by atoms with Gasteiger partial charge in [-0.3, -0.25) is 9.69 Å². The summed E-state index contributed by atoms with van der Waals surface area (Å²) in [5.41, 5.74) is 0. The third-order valence-electron chi connectivity index (χ3n) is 3.03. The fourth-order valence-electron chi connectivity index (χ4n) is 2.11. The summed E-state index contributed by atoms with van der Waals surface area (Å²) in [5.74, 6) is -0.162. The van der Waals surface area contributed by atoms with Crippen LogP contribution >= 0.6 is 0 Å². The third kappa shape index (κ3) is 4.92. The lowest BCUT2D eigenvalue weighted by Gasteiger charge is -2.35. The maximum Gasteiger partial charge on any atom is 0.324 e. The van der Waals surface area contributed by atoms with Gasteiger partial charge in [-0.15, -0.1) is 0 Å². The van der Waals surface area contributed by atoms with Crippen molar-refractivity contribution < 1.29 is 14.3 Å². The lowest BCUT2D eigenvalue weighted by atomic mass is 10.2. The average Bonchev–Trinajstić information content (AvgIpc) is 2.31. The minimum Gasteiger partial charge on any atom is -0.465 e. The summed E-state index contributed by atoms with van der Waals surface area (Å²) in [6.07, 6.45) is 0. The Hall–Kier alpha value is -0.650. The van der Waals surface area contributed by atoms with Gasteiger partial charge < -0.3 is 14.8 Å². The van der Waals surface area contributed by atoms with E-state index in [1.807, 2.05) is 20.8 Å². The van der Waals surface area contributed by atoms with Gasteiger partial charge in [-0.25, -0.2) is 0 Å². The summed E-state index contributed by atoms with van der Waals surface area (Å²) in [6, 6.07) is 0.353. The molecule has 0 saturated carbocycles. The fourth-order valence-corrected chi connectivity index (χ4v) is 2.11. The molecule has 0 radical (unpaired) electrons. The Balaban J connectivity index is 2.56. The zero-order valence-electron chi connectivity index (χ0n) is 11.9. The van der Waals surface area contributed by atoms with E-state index in [1.165, 1.54) is 0 Å². The molecule has 106 valence electrons. The predicted octanol–water partition coefficient (Wildman–Crippen LogP) is 0.637. The van der Waals surface area contributed by atoms with E-state index in [4.69, 9.17) is 9.47 Å². The topological polar surface area (TPSA) is 50.8 Å². The Morgan fingerprint density at radius 3 is 2.83 bits per heavy atom. The molecular formula is C13H26N2O3. The van der Waals surface area contributed by atoms with Crippen LogP contribution < -0.4 is 5.32 Å². The Labute approximate surface area is 110 Å². The lowest BCUT2D eigenvalue weighted by Crippen LogP contribution is -2.54. The number of esters is 1. The summed E-state index contributed by atoms with van der Waals surface area (Å²) >= 11 is 0. The molecule has 0 bridgehead atoms. The normalized spacial score (nSPS) is 23.1. The minimum atomic E-state index is -0.259. The van der Waals surface area contributed by atoms with Crippen LogP contribution in [0.2, 0.25) is 0 Å². The van der Waals surface area contributed by atoms with Crippen molar-refractivity contribution in [3.8, 4) is 0 Å². The van der Waals surface area contributed by atoms with E-state index in [2.05, 4.69) is 17.1 Å². The van der Waals surface area contributed by atoms with Gasteiger partial charge in [0, 0.05) is 25.2 Å². The summed E-state index contributed by atoms with van der Waals surface area (Å²) < 4.78 is 10.5. The fraction of sp³-hybridized carbons (Fsp3) is 0.923. The van der Waals surface area contributed by atoms with E-state index in [1.54, 1.807) is 0 Å². The van der Waals surface area contributed by atoms with Crippen molar-refractivity contribution in [2.75, 3.05) is 32.9 Å². The number of morpholine rings is 1. The second-order valence-corrected chi connectivity index (χ2v) is 5.04. The Morgan fingerprint density at radius 1 is 1.56 bits per heavy atom. The molecule has 1 rings (SSSR count). The SMILES string of the molecule is CCOC(=O)C(CN1CCOCC1C)NC(C)C. The smallest absolute Gasteiger partial charge is 0.324 e. The largest absolute Gasteiger partial charge is 0.465 e. The number of hydrogen-bond acceptors (Lipinski definition) is 5. The number of hydrogen-bond donors (Lipinski definition) is 1. The summed E-state index contributed by atoms with van der Waals surface area (Å²) in [7, 11) is 0. The molecule has 2 atom stereocenters. The first kappa shape index (κ1) is 15.4. The van der Waals surface area contributed by atoms with Crippen LogP contribution in [0, 0.1) is 0 Å². The summed E-state index contributed by atoms with van der Waals surface area (Å²) in [4.78, 5) is 14.2. The molecule has 1 fully saturated rings. The highest BCUT2D eigenvalue weighted by molar-refractivity contribution is 5.76. The summed E-state index contributed by atoms with van der Waals surface area (Å²) in [6.45, 7) is 11.5. The van der Waals surface area contributed by atoms with Crippen molar-refractivity contribution in [1.29, 1.82) is 0 Å². The number of nitrogens with one attached hydrogen (secondary N) is 1. The van der Waals surface area contributed by atoms with Gasteiger partial charge in [-0.2, -0.15) is 0 Å². The van der Waals surface area contributed by atoms with E-state index < -0.39 is 0 Å². The molecule has 1 saturated heterocycles. The van der Waals surface area contributed by atoms with Crippen molar-refractivity contribution in [3.05, 3.63) is 0 Å². The van der Waals surface area contributed by atoms with Gasteiger partial charge in [0.2, 0.25) is 0 Å². The molecule has 1 N–H and O–H groups in total. The van der Waals surface area contributed by atoms with E-state index >= 15 is 0 Å². The molecule has 0 spiro atoms. The first-order valence-corrected chi connectivity index (χ1v) is 6.79. The molecule has 1 aliphatic rings. The van der Waals surface area contributed by atoms with E-state index in [0.29, 0.717) is 19.2 Å². The number of rotatable bonds is 6. The molecule has 5 heteroatoms. The van der Waals surface area contributed by atoms with Crippen molar-refractivity contribution in [2.24, 2.45) is 0 Å². The Morgan fingerprint density at radius 2 is 2.28 bits per heavy atom. The van der Waals surface area contributed by atoms with Crippen LogP contribution in [-0.4, -0.2) is 61.9 Å². The molecule has 2 unspecified atom stereocenters. The molecule has 1 heterocycles. The van der Waals surface area contributed by atoms with Crippen molar-refractivity contribution in [1.82, 2.24) is 10.2 Å². The third-order valence-corrected chi connectivity index (χ3v) is 3.03. The zero-order chi connectivity index (χ0) is 13.5. The Bertz CT molecular complexity index is 259. The second kappa shape index (κ2) is 7.71. The Kier molecular flexibility index (Phi) is 6.60. The number of carbonyl (C=O) groups excluding carboxylic acids is 1. The molecule has 0 aromatic rings. The molecule has 5 nitrogen and oxygen atoms in total. The highest BCUT2D eigenvalue weighted by atomic mass is 16.5. The van der Waals surface area contributed by atoms with Crippen molar-refractivity contribution in [2.45, 2.75) is 45.8 Å². The highest BCUT2D eigenvalue weighted by Crippen LogP contribution is 2.08. The van der Waals surface area contributed by atoms with Gasteiger partial charge in [-0.05, 0) is 13.8 Å². The first-order chi connectivity index (χ1) is 8.54. The number of nitrogens with zero attached hydrogens (tertiary/aromatic N) is 1. The lowest BCUT2D eigenvalue weighted by molar-refractivity contribution is -0.147.